The number of benzene rings is 1. The maximum Gasteiger partial charge on any atom is 0.417 e. The van der Waals surface area contributed by atoms with Crippen molar-refractivity contribution in [3.05, 3.63) is 58.2 Å². The molecule has 2 rings (SSSR count). The van der Waals surface area contributed by atoms with E-state index in [9.17, 15) is 31.1 Å². The third-order valence-electron chi connectivity index (χ3n) is 2.92. The number of anilines is 1. The van der Waals surface area contributed by atoms with Crippen LogP contribution in [0.1, 0.15) is 21.5 Å². The van der Waals surface area contributed by atoms with Crippen LogP contribution in [0.3, 0.4) is 0 Å². The molecule has 11 heteroatoms. The van der Waals surface area contributed by atoms with Crippen LogP contribution in [0.25, 0.3) is 0 Å². The molecule has 1 aromatic heterocycles. The fourth-order valence-electron chi connectivity index (χ4n) is 1.71. The fourth-order valence-corrected chi connectivity index (χ4v) is 1.92. The van der Waals surface area contributed by atoms with Gasteiger partial charge in [0.05, 0.1) is 16.1 Å². The van der Waals surface area contributed by atoms with Crippen LogP contribution < -0.4 is 10.9 Å². The Labute approximate surface area is 141 Å². The van der Waals surface area contributed by atoms with E-state index in [2.05, 4.69) is 10.4 Å². The standard InChI is InChI=1S/C14H8ClF6N3O/c15-10-5-9(14(19,20)21)6-22-11(10)23-24-12(25)7-2-1-3-8(4-7)13(16,17)18/h1-6H,(H,22,23)(H,24,25). The minimum atomic E-state index is -4.64. The Bertz CT molecular complexity index is 791. The molecule has 1 heterocycles. The summed E-state index contributed by atoms with van der Waals surface area (Å²) in [5.41, 5.74) is 1.74. The highest BCUT2D eigenvalue weighted by Crippen LogP contribution is 2.32. The molecule has 4 nitrogen and oxygen atoms in total. The Morgan fingerprint density at radius 1 is 1.00 bits per heavy atom. The van der Waals surface area contributed by atoms with Crippen molar-refractivity contribution >= 4 is 23.3 Å². The molecular formula is C14H8ClF6N3O. The predicted molar refractivity (Wildman–Crippen MR) is 76.8 cm³/mol. The summed E-state index contributed by atoms with van der Waals surface area (Å²) < 4.78 is 75.3. The van der Waals surface area contributed by atoms with Gasteiger partial charge in [-0.15, -0.1) is 0 Å². The van der Waals surface area contributed by atoms with Crippen LogP contribution in [0.5, 0.6) is 0 Å². The van der Waals surface area contributed by atoms with Crippen molar-refractivity contribution in [1.82, 2.24) is 10.4 Å². The Morgan fingerprint density at radius 2 is 1.64 bits per heavy atom. The first-order valence-corrected chi connectivity index (χ1v) is 6.82. The van der Waals surface area contributed by atoms with Crippen molar-refractivity contribution < 1.29 is 31.1 Å². The minimum Gasteiger partial charge on any atom is -0.280 e. The normalized spacial score (nSPS) is 12.0. The number of halogens is 7. The van der Waals surface area contributed by atoms with Gasteiger partial charge in [-0.2, -0.15) is 26.3 Å². The molecule has 134 valence electrons. The first kappa shape index (κ1) is 18.8. The van der Waals surface area contributed by atoms with Crippen molar-refractivity contribution in [2.75, 3.05) is 5.43 Å². The fraction of sp³-hybridized carbons (Fsp3) is 0.143. The number of hydrazine groups is 1. The summed E-state index contributed by atoms with van der Waals surface area (Å²) in [5.74, 6) is -1.25. The monoisotopic (exact) mass is 383 g/mol. The highest BCUT2D eigenvalue weighted by molar-refractivity contribution is 6.33. The molecule has 0 aliphatic rings. The number of carbonyl (C=O) groups excluding carboxylic acids is 1. The third-order valence-corrected chi connectivity index (χ3v) is 3.20. The lowest BCUT2D eigenvalue weighted by atomic mass is 10.1. The molecule has 25 heavy (non-hydrogen) atoms. The molecule has 0 aliphatic heterocycles. The zero-order valence-electron chi connectivity index (χ0n) is 12.0. The zero-order valence-corrected chi connectivity index (χ0v) is 12.7. The minimum absolute atomic E-state index is 0.296. The lowest BCUT2D eigenvalue weighted by Gasteiger charge is -2.12. The molecule has 0 radical (unpaired) electrons. The lowest BCUT2D eigenvalue weighted by Crippen LogP contribution is -2.30. The highest BCUT2D eigenvalue weighted by atomic mass is 35.5. The Balaban J connectivity index is 2.10. The topological polar surface area (TPSA) is 54.0 Å². The molecule has 0 unspecified atom stereocenters. The predicted octanol–water partition coefficient (Wildman–Crippen LogP) is 4.53. The highest BCUT2D eigenvalue weighted by Gasteiger charge is 2.32. The summed E-state index contributed by atoms with van der Waals surface area (Å²) in [7, 11) is 0. The number of hydrogen-bond donors (Lipinski definition) is 2. The molecule has 0 saturated carbocycles. The van der Waals surface area contributed by atoms with Gasteiger partial charge in [-0.05, 0) is 24.3 Å². The second-order valence-corrected chi connectivity index (χ2v) is 5.12. The van der Waals surface area contributed by atoms with Crippen molar-refractivity contribution in [2.45, 2.75) is 12.4 Å². The van der Waals surface area contributed by atoms with Crippen molar-refractivity contribution in [1.29, 1.82) is 0 Å². The van der Waals surface area contributed by atoms with Crippen LogP contribution >= 0.6 is 11.6 Å². The summed E-state index contributed by atoms with van der Waals surface area (Å²) in [6.45, 7) is 0. The molecular weight excluding hydrogens is 376 g/mol. The molecule has 0 saturated heterocycles. The Hall–Kier alpha value is -2.49. The van der Waals surface area contributed by atoms with Crippen molar-refractivity contribution in [3.8, 4) is 0 Å². The number of carbonyl (C=O) groups is 1. The molecule has 2 N–H and O–H groups in total. The van der Waals surface area contributed by atoms with Gasteiger partial charge in [-0.25, -0.2) is 4.98 Å². The largest absolute Gasteiger partial charge is 0.417 e. The number of rotatable bonds is 3. The third kappa shape index (κ3) is 4.75. The Kier molecular flexibility index (Phi) is 5.12. The number of nitrogens with one attached hydrogen (secondary N) is 2. The summed E-state index contributed by atoms with van der Waals surface area (Å²) in [6, 6.07) is 4.18. The van der Waals surface area contributed by atoms with Gasteiger partial charge in [0, 0.05) is 11.8 Å². The zero-order chi connectivity index (χ0) is 18.8. The van der Waals surface area contributed by atoms with Gasteiger partial charge in [0.2, 0.25) is 0 Å². The van der Waals surface area contributed by atoms with Crippen molar-refractivity contribution in [3.63, 3.8) is 0 Å². The lowest BCUT2D eigenvalue weighted by molar-refractivity contribution is -0.138. The summed E-state index contributed by atoms with van der Waals surface area (Å²) in [5, 5.41) is -0.431. The summed E-state index contributed by atoms with van der Waals surface area (Å²) in [6.07, 6.45) is -8.77. The van der Waals surface area contributed by atoms with Gasteiger partial charge < -0.3 is 0 Å². The van der Waals surface area contributed by atoms with Gasteiger partial charge in [-0.1, -0.05) is 17.7 Å². The van der Waals surface area contributed by atoms with Gasteiger partial charge in [-0.3, -0.25) is 15.6 Å². The first-order valence-electron chi connectivity index (χ1n) is 6.45. The molecule has 0 spiro atoms. The second-order valence-electron chi connectivity index (χ2n) is 4.71. The van der Waals surface area contributed by atoms with E-state index in [1.807, 2.05) is 5.43 Å². The number of hydrogen-bond acceptors (Lipinski definition) is 3. The number of amides is 1. The van der Waals surface area contributed by atoms with Gasteiger partial charge in [0.25, 0.3) is 5.91 Å². The van der Waals surface area contributed by atoms with Gasteiger partial charge >= 0.3 is 12.4 Å². The smallest absolute Gasteiger partial charge is 0.280 e. The summed E-state index contributed by atoms with van der Waals surface area (Å²) in [4.78, 5) is 15.3. The van der Waals surface area contributed by atoms with Crippen LogP contribution in [0, 0.1) is 0 Å². The molecule has 2 aromatic rings. The van der Waals surface area contributed by atoms with E-state index in [4.69, 9.17) is 11.6 Å². The van der Waals surface area contributed by atoms with Crippen LogP contribution in [0.15, 0.2) is 36.5 Å². The number of alkyl halides is 6. The van der Waals surface area contributed by atoms with Crippen LogP contribution in [0.2, 0.25) is 5.02 Å². The Morgan fingerprint density at radius 3 is 2.20 bits per heavy atom. The van der Waals surface area contributed by atoms with E-state index in [1.165, 1.54) is 0 Å². The molecule has 0 fully saturated rings. The van der Waals surface area contributed by atoms with Crippen LogP contribution in [-0.4, -0.2) is 10.9 Å². The van der Waals surface area contributed by atoms with E-state index < -0.39 is 34.4 Å². The molecule has 0 aliphatic carbocycles. The maximum atomic E-state index is 12.6. The molecule has 0 bridgehead atoms. The number of pyridine rings is 1. The van der Waals surface area contributed by atoms with E-state index in [0.29, 0.717) is 18.3 Å². The maximum absolute atomic E-state index is 12.6. The average molecular weight is 384 g/mol. The molecule has 0 atom stereocenters. The molecule has 1 amide bonds. The number of aromatic nitrogens is 1. The average Bonchev–Trinajstić information content (AvgIpc) is 2.51. The molecule has 1 aromatic carbocycles. The van der Waals surface area contributed by atoms with E-state index >= 15 is 0 Å². The summed E-state index contributed by atoms with van der Waals surface area (Å²) >= 11 is 5.62. The second kappa shape index (κ2) is 6.79. The van der Waals surface area contributed by atoms with Crippen LogP contribution in [-0.2, 0) is 12.4 Å². The SMILES string of the molecule is O=C(NNc1ncc(C(F)(F)F)cc1Cl)c1cccc(C(F)(F)F)c1. The van der Waals surface area contributed by atoms with Gasteiger partial charge in [0.1, 0.15) is 0 Å². The van der Waals surface area contributed by atoms with E-state index in [1.54, 1.807) is 0 Å². The first-order chi connectivity index (χ1) is 11.5. The number of nitrogens with zero attached hydrogens (tertiary/aromatic N) is 1. The van der Waals surface area contributed by atoms with Gasteiger partial charge in [0.15, 0.2) is 5.82 Å². The van der Waals surface area contributed by atoms with Crippen LogP contribution in [0.4, 0.5) is 32.2 Å². The van der Waals surface area contributed by atoms with E-state index in [0.717, 1.165) is 18.2 Å². The van der Waals surface area contributed by atoms with Crippen molar-refractivity contribution in [2.24, 2.45) is 0 Å². The van der Waals surface area contributed by atoms with E-state index in [-0.39, 0.29) is 11.4 Å². The quantitative estimate of drug-likeness (QED) is 0.605.